The molecule has 0 spiro atoms. The van der Waals surface area contributed by atoms with Gasteiger partial charge in [0.05, 0.1) is 11.1 Å². The van der Waals surface area contributed by atoms with Gasteiger partial charge in [-0.1, -0.05) is 60.7 Å². The molecule has 37 heavy (non-hydrogen) atoms. The third kappa shape index (κ3) is 2.82. The van der Waals surface area contributed by atoms with E-state index < -0.39 is 6.85 Å². The highest BCUT2D eigenvalue weighted by atomic mass is 16.3. The monoisotopic (exact) mass is 478 g/mol. The molecule has 4 heterocycles. The molecule has 0 aliphatic carbocycles. The van der Waals surface area contributed by atoms with Crippen molar-refractivity contribution in [2.45, 2.75) is 6.85 Å². The van der Waals surface area contributed by atoms with Gasteiger partial charge in [-0.25, -0.2) is 4.98 Å². The van der Waals surface area contributed by atoms with Crippen LogP contribution in [-0.2, 0) is 0 Å². The van der Waals surface area contributed by atoms with Crippen LogP contribution in [0.4, 0.5) is 34.1 Å². The van der Waals surface area contributed by atoms with E-state index in [2.05, 4.69) is 93.6 Å². The lowest BCUT2D eigenvalue weighted by atomic mass is 9.35. The van der Waals surface area contributed by atoms with Crippen molar-refractivity contribution in [3.63, 3.8) is 0 Å². The van der Waals surface area contributed by atoms with Gasteiger partial charge in [-0.2, -0.15) is 0 Å². The van der Waals surface area contributed by atoms with Gasteiger partial charge in [0.1, 0.15) is 5.66 Å². The van der Waals surface area contributed by atoms with Gasteiger partial charge in [0.2, 0.25) is 5.71 Å². The zero-order chi connectivity index (χ0) is 27.0. The van der Waals surface area contributed by atoms with E-state index in [4.69, 9.17) is 8.53 Å². The second-order valence-corrected chi connectivity index (χ2v) is 9.44. The zero-order valence-electron chi connectivity index (χ0n) is 22.8. The van der Waals surface area contributed by atoms with E-state index in [-0.39, 0.29) is 12.3 Å². The Labute approximate surface area is 219 Å². The number of aromatic nitrogens is 1. The minimum Gasteiger partial charge on any atom is -0.450 e. The van der Waals surface area contributed by atoms with E-state index in [9.17, 15) is 0 Å². The number of furan rings is 1. The number of nitrogens with zero attached hydrogens (tertiary/aromatic N) is 3. The van der Waals surface area contributed by atoms with Crippen molar-refractivity contribution in [2.24, 2.45) is 0 Å². The Morgan fingerprint density at radius 3 is 2.14 bits per heavy atom. The molecule has 4 nitrogen and oxygen atoms in total. The molecule has 2 aromatic heterocycles. The van der Waals surface area contributed by atoms with Crippen molar-refractivity contribution in [1.82, 2.24) is 4.98 Å². The number of aryl methyl sites for hydroxylation is 1. The number of para-hydroxylation sites is 3. The number of pyridine rings is 1. The van der Waals surface area contributed by atoms with Crippen LogP contribution in [0.5, 0.6) is 0 Å². The first kappa shape index (κ1) is 17.6. The van der Waals surface area contributed by atoms with E-state index >= 15 is 0 Å². The van der Waals surface area contributed by atoms with Crippen molar-refractivity contribution in [3.05, 3.63) is 121 Å². The number of rotatable bonds is 2. The minimum absolute atomic E-state index is 0.190. The van der Waals surface area contributed by atoms with E-state index in [0.717, 1.165) is 50.7 Å². The quantitative estimate of drug-likeness (QED) is 0.276. The van der Waals surface area contributed by atoms with E-state index in [1.165, 1.54) is 6.20 Å². The largest absolute Gasteiger partial charge is 0.450 e. The summed E-state index contributed by atoms with van der Waals surface area (Å²) in [6.45, 7) is -2.47. The van der Waals surface area contributed by atoms with Crippen LogP contribution in [0.3, 0.4) is 0 Å². The van der Waals surface area contributed by atoms with Gasteiger partial charge in [0, 0.05) is 38.7 Å². The summed E-state index contributed by atoms with van der Waals surface area (Å²) in [7, 11) is 0. The Balaban J connectivity index is 1.49. The lowest BCUT2D eigenvalue weighted by molar-refractivity contribution is 0.637. The maximum atomic E-state index is 8.03. The predicted molar refractivity (Wildman–Crippen MR) is 153 cm³/mol. The number of benzene rings is 4. The summed E-state index contributed by atoms with van der Waals surface area (Å²) in [5.74, 6) is 0. The smallest absolute Gasteiger partial charge is 0.297 e. The first-order valence-corrected chi connectivity index (χ1v) is 12.4. The third-order valence-electron chi connectivity index (χ3n) is 7.38. The van der Waals surface area contributed by atoms with Gasteiger partial charge >= 0.3 is 0 Å². The summed E-state index contributed by atoms with van der Waals surface area (Å²) >= 11 is 0. The van der Waals surface area contributed by atoms with Crippen molar-refractivity contribution < 1.29 is 8.53 Å². The van der Waals surface area contributed by atoms with E-state index in [0.29, 0.717) is 11.1 Å². The summed E-state index contributed by atoms with van der Waals surface area (Å²) in [5.41, 5.74) is 9.69. The molecule has 2 aliphatic heterocycles. The molecule has 0 saturated carbocycles. The molecule has 0 saturated heterocycles. The van der Waals surface area contributed by atoms with Gasteiger partial charge in [-0.3, -0.25) is 0 Å². The Bertz CT molecular complexity index is 1920. The summed E-state index contributed by atoms with van der Waals surface area (Å²) in [6, 6.07) is 37.1. The van der Waals surface area contributed by atoms with Crippen LogP contribution in [0.1, 0.15) is 9.68 Å². The number of fused-ring (bicyclic) bond motifs is 6. The number of hydrogen-bond acceptors (Lipinski definition) is 4. The normalized spacial score (nSPS) is 14.9. The van der Waals surface area contributed by atoms with Gasteiger partial charge in [0.15, 0.2) is 0 Å². The fraction of sp³-hybridized carbons (Fsp3) is 0.0312. The van der Waals surface area contributed by atoms with Gasteiger partial charge in [-0.15, -0.1) is 0 Å². The zero-order valence-corrected chi connectivity index (χ0v) is 19.8. The van der Waals surface area contributed by atoms with Gasteiger partial charge in [-0.05, 0) is 71.9 Å². The van der Waals surface area contributed by atoms with Crippen LogP contribution in [0.2, 0.25) is 0 Å². The Kier molecular flexibility index (Phi) is 3.63. The van der Waals surface area contributed by atoms with Crippen LogP contribution < -0.4 is 26.4 Å². The van der Waals surface area contributed by atoms with Gasteiger partial charge < -0.3 is 14.2 Å². The molecule has 0 unspecified atom stereocenters. The second kappa shape index (κ2) is 7.61. The average molecular weight is 478 g/mol. The van der Waals surface area contributed by atoms with Crippen molar-refractivity contribution in [2.75, 3.05) is 9.80 Å². The van der Waals surface area contributed by atoms with Crippen molar-refractivity contribution in [3.8, 4) is 0 Å². The van der Waals surface area contributed by atoms with Crippen LogP contribution in [0, 0.1) is 6.85 Å². The Morgan fingerprint density at radius 2 is 1.38 bits per heavy atom. The molecule has 0 radical (unpaired) electrons. The highest BCUT2D eigenvalue weighted by molar-refractivity contribution is 6.99. The van der Waals surface area contributed by atoms with E-state index in [1.807, 2.05) is 24.3 Å². The summed E-state index contributed by atoms with van der Waals surface area (Å²) in [5, 5.41) is 0.687. The standard InChI is InChI=1S/C32H22BN3O/c1-21-19-24-30-31(37-32(24)34-20-21)33-25-15-8-9-16-26(25)35(22-11-4-2-5-12-22)27-17-10-18-28(29(27)33)36(30)23-13-6-3-7-14-23/h2-20H,1H3/i1D3. The molecular formula is C32H22BN3O. The number of anilines is 6. The third-order valence-corrected chi connectivity index (χ3v) is 7.38. The molecule has 8 rings (SSSR count). The molecule has 6 aromatic rings. The molecule has 0 amide bonds. The lowest BCUT2D eigenvalue weighted by Gasteiger charge is -2.42. The maximum Gasteiger partial charge on any atom is 0.297 e. The summed E-state index contributed by atoms with van der Waals surface area (Å²) < 4.78 is 30.7. The van der Waals surface area contributed by atoms with E-state index in [1.54, 1.807) is 6.07 Å². The van der Waals surface area contributed by atoms with Gasteiger partial charge in [0.25, 0.3) is 6.71 Å². The second-order valence-electron chi connectivity index (χ2n) is 9.44. The Hall–Kier alpha value is -4.77. The first-order valence-electron chi connectivity index (χ1n) is 13.9. The topological polar surface area (TPSA) is 32.5 Å². The minimum atomic E-state index is -2.28. The SMILES string of the molecule is [2H]C([2H])([2H])c1cnc2oc3c(c2c1)N(c1ccccc1)c1cccc2c1B3c1ccccc1N2c1ccccc1. The van der Waals surface area contributed by atoms with Crippen LogP contribution in [0.25, 0.3) is 11.1 Å². The summed E-state index contributed by atoms with van der Waals surface area (Å²) in [4.78, 5) is 9.01. The molecule has 0 bridgehead atoms. The molecule has 5 heteroatoms. The highest BCUT2D eigenvalue weighted by Crippen LogP contribution is 2.45. The molecule has 2 aliphatic rings. The first-order chi connectivity index (χ1) is 19.5. The molecular weight excluding hydrogens is 453 g/mol. The average Bonchev–Trinajstić information content (AvgIpc) is 3.36. The maximum absolute atomic E-state index is 8.03. The Morgan fingerprint density at radius 1 is 0.730 bits per heavy atom. The molecule has 4 aromatic carbocycles. The molecule has 174 valence electrons. The molecule has 0 fully saturated rings. The van der Waals surface area contributed by atoms with Crippen LogP contribution >= 0.6 is 0 Å². The molecule has 0 atom stereocenters. The van der Waals surface area contributed by atoms with Crippen molar-refractivity contribution >= 4 is 68.5 Å². The van der Waals surface area contributed by atoms with Crippen molar-refractivity contribution in [1.29, 1.82) is 0 Å². The van der Waals surface area contributed by atoms with Crippen LogP contribution in [-0.4, -0.2) is 11.7 Å². The lowest BCUT2D eigenvalue weighted by Crippen LogP contribution is -2.60. The fourth-order valence-corrected chi connectivity index (χ4v) is 5.96. The fourth-order valence-electron chi connectivity index (χ4n) is 5.96. The number of hydrogen-bond donors (Lipinski definition) is 0. The summed E-state index contributed by atoms with van der Waals surface area (Å²) in [6.07, 6.45) is 1.40. The predicted octanol–water partition coefficient (Wildman–Crippen LogP) is 6.22. The highest BCUT2D eigenvalue weighted by Gasteiger charge is 2.46. The van der Waals surface area contributed by atoms with Crippen LogP contribution in [0.15, 0.2) is 120 Å². The molecule has 0 N–H and O–H groups in total.